The number of carboxylic acids is 1. The lowest BCUT2D eigenvalue weighted by Gasteiger charge is -2.09. The summed E-state index contributed by atoms with van der Waals surface area (Å²) >= 11 is 0. The standard InChI is InChI=1S/C14H15NO4/c1-9(2)18-12-5-3-10(4-6-12)13-7-11(15-19-13)8-14(16)17/h3-7,9H,8H2,1-2H3,(H,16,17). The van der Waals surface area contributed by atoms with Crippen molar-refractivity contribution in [3.8, 4) is 17.1 Å². The Bertz CT molecular complexity index is 557. The van der Waals surface area contributed by atoms with E-state index in [0.29, 0.717) is 11.5 Å². The Morgan fingerprint density at radius 3 is 2.63 bits per heavy atom. The van der Waals surface area contributed by atoms with E-state index in [0.717, 1.165) is 11.3 Å². The Balaban J connectivity index is 2.13. The zero-order valence-corrected chi connectivity index (χ0v) is 10.8. The molecule has 19 heavy (non-hydrogen) atoms. The Kier molecular flexibility index (Phi) is 3.85. The van der Waals surface area contributed by atoms with Crippen LogP contribution in [0.15, 0.2) is 34.9 Å². The molecule has 5 nitrogen and oxygen atoms in total. The number of benzene rings is 1. The lowest BCUT2D eigenvalue weighted by Crippen LogP contribution is -2.05. The van der Waals surface area contributed by atoms with Gasteiger partial charge < -0.3 is 14.4 Å². The van der Waals surface area contributed by atoms with Crippen LogP contribution in [0.3, 0.4) is 0 Å². The summed E-state index contributed by atoms with van der Waals surface area (Å²) in [5.41, 5.74) is 1.24. The van der Waals surface area contributed by atoms with Gasteiger partial charge in [0.25, 0.3) is 0 Å². The van der Waals surface area contributed by atoms with Crippen LogP contribution in [0, 0.1) is 0 Å². The van der Waals surface area contributed by atoms with E-state index in [1.165, 1.54) is 0 Å². The summed E-state index contributed by atoms with van der Waals surface area (Å²) in [7, 11) is 0. The average molecular weight is 261 g/mol. The normalized spacial score (nSPS) is 10.7. The molecule has 1 N–H and O–H groups in total. The van der Waals surface area contributed by atoms with Crippen molar-refractivity contribution in [2.24, 2.45) is 0 Å². The summed E-state index contributed by atoms with van der Waals surface area (Å²) in [5, 5.41) is 12.4. The Hall–Kier alpha value is -2.30. The zero-order chi connectivity index (χ0) is 13.8. The molecule has 0 spiro atoms. The largest absolute Gasteiger partial charge is 0.491 e. The van der Waals surface area contributed by atoms with Crippen molar-refractivity contribution in [2.45, 2.75) is 26.4 Å². The van der Waals surface area contributed by atoms with Gasteiger partial charge in [0.1, 0.15) is 5.75 Å². The molecule has 5 heteroatoms. The van der Waals surface area contributed by atoms with E-state index in [2.05, 4.69) is 5.16 Å². The highest BCUT2D eigenvalue weighted by Crippen LogP contribution is 2.23. The number of nitrogens with zero attached hydrogens (tertiary/aromatic N) is 1. The summed E-state index contributed by atoms with van der Waals surface area (Å²) < 4.78 is 10.7. The molecule has 0 aliphatic heterocycles. The second-order valence-electron chi connectivity index (χ2n) is 4.44. The van der Waals surface area contributed by atoms with Crippen LogP contribution in [-0.4, -0.2) is 22.3 Å². The number of aromatic nitrogens is 1. The van der Waals surface area contributed by atoms with Crippen LogP contribution < -0.4 is 4.74 Å². The van der Waals surface area contributed by atoms with Crippen molar-refractivity contribution in [1.82, 2.24) is 5.16 Å². The highest BCUT2D eigenvalue weighted by molar-refractivity contribution is 5.70. The average Bonchev–Trinajstić information content (AvgIpc) is 2.76. The third-order valence-corrected chi connectivity index (χ3v) is 2.40. The molecule has 0 atom stereocenters. The van der Waals surface area contributed by atoms with E-state index < -0.39 is 5.97 Å². The van der Waals surface area contributed by atoms with Crippen LogP contribution in [0.5, 0.6) is 5.75 Å². The van der Waals surface area contributed by atoms with Crippen molar-refractivity contribution in [3.63, 3.8) is 0 Å². The molecular formula is C14H15NO4. The molecule has 0 amide bonds. The number of hydrogen-bond donors (Lipinski definition) is 1. The lowest BCUT2D eigenvalue weighted by molar-refractivity contribution is -0.136. The fourth-order valence-electron chi connectivity index (χ4n) is 1.66. The highest BCUT2D eigenvalue weighted by atomic mass is 16.5. The van der Waals surface area contributed by atoms with Crippen LogP contribution in [-0.2, 0) is 11.2 Å². The molecule has 100 valence electrons. The molecular weight excluding hydrogens is 246 g/mol. The zero-order valence-electron chi connectivity index (χ0n) is 10.8. The molecule has 2 aromatic rings. The van der Waals surface area contributed by atoms with Gasteiger partial charge in [-0.15, -0.1) is 0 Å². The Morgan fingerprint density at radius 2 is 2.05 bits per heavy atom. The summed E-state index contributed by atoms with van der Waals surface area (Å²) in [4.78, 5) is 10.6. The van der Waals surface area contributed by atoms with E-state index in [-0.39, 0.29) is 12.5 Å². The van der Waals surface area contributed by atoms with Crippen LogP contribution >= 0.6 is 0 Å². The van der Waals surface area contributed by atoms with Crippen LogP contribution in [0.25, 0.3) is 11.3 Å². The first kappa shape index (κ1) is 13.1. The van der Waals surface area contributed by atoms with Gasteiger partial charge in [-0.05, 0) is 38.1 Å². The number of carbonyl (C=O) groups is 1. The molecule has 0 aliphatic rings. The third kappa shape index (κ3) is 3.58. The fraction of sp³-hybridized carbons (Fsp3) is 0.286. The van der Waals surface area contributed by atoms with Crippen LogP contribution in [0.1, 0.15) is 19.5 Å². The van der Waals surface area contributed by atoms with E-state index in [9.17, 15) is 4.79 Å². The van der Waals surface area contributed by atoms with Crippen molar-refractivity contribution in [1.29, 1.82) is 0 Å². The Morgan fingerprint density at radius 1 is 1.37 bits per heavy atom. The summed E-state index contributed by atoms with van der Waals surface area (Å²) in [6.07, 6.45) is -0.0174. The first-order valence-electron chi connectivity index (χ1n) is 5.99. The molecule has 0 bridgehead atoms. The maximum atomic E-state index is 10.6. The van der Waals surface area contributed by atoms with Gasteiger partial charge >= 0.3 is 5.97 Å². The number of carboxylic acid groups (broad SMARTS) is 1. The molecule has 2 rings (SSSR count). The molecule has 1 aromatic carbocycles. The molecule has 0 radical (unpaired) electrons. The van der Waals surface area contributed by atoms with Gasteiger partial charge in [-0.1, -0.05) is 5.16 Å². The van der Waals surface area contributed by atoms with E-state index in [4.69, 9.17) is 14.4 Å². The summed E-state index contributed by atoms with van der Waals surface area (Å²) in [5.74, 6) is 0.400. The second kappa shape index (κ2) is 5.56. The van der Waals surface area contributed by atoms with Gasteiger partial charge in [0, 0.05) is 11.6 Å². The molecule has 0 unspecified atom stereocenters. The summed E-state index contributed by atoms with van der Waals surface area (Å²) in [6, 6.07) is 9.02. The third-order valence-electron chi connectivity index (χ3n) is 2.40. The van der Waals surface area contributed by atoms with Crippen molar-refractivity contribution >= 4 is 5.97 Å². The number of aliphatic carboxylic acids is 1. The number of rotatable bonds is 5. The molecule has 1 aromatic heterocycles. The van der Waals surface area contributed by atoms with E-state index in [1.54, 1.807) is 6.07 Å². The van der Waals surface area contributed by atoms with Gasteiger partial charge in [-0.25, -0.2) is 0 Å². The molecule has 1 heterocycles. The monoisotopic (exact) mass is 261 g/mol. The number of ether oxygens (including phenoxy) is 1. The molecule has 0 fully saturated rings. The van der Waals surface area contributed by atoms with Crippen molar-refractivity contribution in [3.05, 3.63) is 36.0 Å². The second-order valence-corrected chi connectivity index (χ2v) is 4.44. The fourth-order valence-corrected chi connectivity index (χ4v) is 1.66. The molecule has 0 aliphatic carbocycles. The lowest BCUT2D eigenvalue weighted by atomic mass is 10.1. The minimum Gasteiger partial charge on any atom is -0.491 e. The SMILES string of the molecule is CC(C)Oc1ccc(-c2cc(CC(=O)O)no2)cc1. The van der Waals surface area contributed by atoms with E-state index in [1.807, 2.05) is 38.1 Å². The van der Waals surface area contributed by atoms with Gasteiger partial charge in [-0.3, -0.25) is 4.79 Å². The first-order valence-corrected chi connectivity index (χ1v) is 5.99. The van der Waals surface area contributed by atoms with Crippen LogP contribution in [0.4, 0.5) is 0 Å². The Labute approximate surface area is 110 Å². The van der Waals surface area contributed by atoms with Gasteiger partial charge in [0.2, 0.25) is 0 Å². The maximum Gasteiger partial charge on any atom is 0.309 e. The van der Waals surface area contributed by atoms with Crippen LogP contribution in [0.2, 0.25) is 0 Å². The summed E-state index contributed by atoms with van der Waals surface area (Å²) in [6.45, 7) is 3.92. The van der Waals surface area contributed by atoms with Gasteiger partial charge in [-0.2, -0.15) is 0 Å². The smallest absolute Gasteiger partial charge is 0.309 e. The van der Waals surface area contributed by atoms with Gasteiger partial charge in [0.05, 0.1) is 18.2 Å². The molecule has 0 saturated heterocycles. The molecule has 0 saturated carbocycles. The predicted molar refractivity (Wildman–Crippen MR) is 69.0 cm³/mol. The van der Waals surface area contributed by atoms with Gasteiger partial charge in [0.15, 0.2) is 5.76 Å². The quantitative estimate of drug-likeness (QED) is 0.895. The minimum atomic E-state index is -0.930. The minimum absolute atomic E-state index is 0.123. The first-order chi connectivity index (χ1) is 9.04. The highest BCUT2D eigenvalue weighted by Gasteiger charge is 2.09. The topological polar surface area (TPSA) is 72.6 Å². The predicted octanol–water partition coefficient (Wildman–Crippen LogP) is 2.76. The maximum absolute atomic E-state index is 10.6. The van der Waals surface area contributed by atoms with Crippen molar-refractivity contribution in [2.75, 3.05) is 0 Å². The van der Waals surface area contributed by atoms with E-state index >= 15 is 0 Å². The number of hydrogen-bond acceptors (Lipinski definition) is 4. The van der Waals surface area contributed by atoms with Crippen molar-refractivity contribution < 1.29 is 19.2 Å².